The molecule has 2 amide bonds. The summed E-state index contributed by atoms with van der Waals surface area (Å²) >= 11 is 0. The number of para-hydroxylation sites is 1. The molecule has 1 aromatic carbocycles. The summed E-state index contributed by atoms with van der Waals surface area (Å²) in [6, 6.07) is 12.7. The van der Waals surface area contributed by atoms with Crippen LogP contribution in [-0.4, -0.2) is 44.3 Å². The van der Waals surface area contributed by atoms with Crippen molar-refractivity contribution in [3.8, 4) is 11.3 Å². The zero-order valence-corrected chi connectivity index (χ0v) is 19.0. The molecule has 2 aliphatic heterocycles. The third-order valence-electron chi connectivity index (χ3n) is 8.36. The van der Waals surface area contributed by atoms with Gasteiger partial charge in [0.25, 0.3) is 0 Å². The molecule has 1 N–H and O–H groups in total. The highest BCUT2D eigenvalue weighted by molar-refractivity contribution is 5.83. The van der Waals surface area contributed by atoms with Crippen LogP contribution < -0.4 is 5.32 Å². The van der Waals surface area contributed by atoms with Crippen molar-refractivity contribution in [1.29, 1.82) is 0 Å². The summed E-state index contributed by atoms with van der Waals surface area (Å²) < 4.78 is 2.16. The Labute approximate surface area is 189 Å². The summed E-state index contributed by atoms with van der Waals surface area (Å²) in [6.07, 6.45) is 7.41. The van der Waals surface area contributed by atoms with Gasteiger partial charge in [-0.1, -0.05) is 32.0 Å². The molecule has 0 bridgehead atoms. The molecule has 1 unspecified atom stereocenters. The van der Waals surface area contributed by atoms with Crippen LogP contribution in [0.4, 0.5) is 4.79 Å². The SMILES string of the molecule is CC(C)C1(NC(=O)N2CCC3(CCn4nc(-c5cnc6ccccc6c5)cc43)C2)CCC1. The topological polar surface area (TPSA) is 63.1 Å². The Hall–Kier alpha value is -2.89. The van der Waals surface area contributed by atoms with Crippen LogP contribution >= 0.6 is 0 Å². The summed E-state index contributed by atoms with van der Waals surface area (Å²) in [7, 11) is 0. The van der Waals surface area contributed by atoms with Gasteiger partial charge in [0.15, 0.2) is 0 Å². The Morgan fingerprint density at radius 2 is 1.91 bits per heavy atom. The molecular formula is C26H31N5O. The Kier molecular flexibility index (Phi) is 4.36. The molecule has 4 heterocycles. The number of aromatic nitrogens is 3. The van der Waals surface area contributed by atoms with Crippen molar-refractivity contribution < 1.29 is 4.79 Å². The van der Waals surface area contributed by atoms with Crippen molar-refractivity contribution in [2.45, 2.75) is 63.5 Å². The minimum Gasteiger partial charge on any atom is -0.332 e. The molecule has 1 spiro atoms. The molecular weight excluding hydrogens is 398 g/mol. The van der Waals surface area contributed by atoms with Gasteiger partial charge >= 0.3 is 6.03 Å². The van der Waals surface area contributed by atoms with Crippen molar-refractivity contribution in [3.63, 3.8) is 0 Å². The second-order valence-corrected chi connectivity index (χ2v) is 10.4. The van der Waals surface area contributed by atoms with E-state index in [4.69, 9.17) is 5.10 Å². The number of hydrogen-bond acceptors (Lipinski definition) is 3. The lowest BCUT2D eigenvalue weighted by molar-refractivity contribution is 0.116. The number of likely N-dealkylation sites (tertiary alicyclic amines) is 1. The summed E-state index contributed by atoms with van der Waals surface area (Å²) in [5.41, 5.74) is 4.34. The number of urea groups is 1. The summed E-state index contributed by atoms with van der Waals surface area (Å²) in [6.45, 7) is 6.97. The zero-order chi connectivity index (χ0) is 21.9. The van der Waals surface area contributed by atoms with Gasteiger partial charge in [-0.2, -0.15) is 5.10 Å². The maximum atomic E-state index is 13.1. The van der Waals surface area contributed by atoms with E-state index in [-0.39, 0.29) is 17.0 Å². The predicted octanol–water partition coefficient (Wildman–Crippen LogP) is 4.73. The molecule has 1 saturated carbocycles. The molecule has 1 aliphatic carbocycles. The van der Waals surface area contributed by atoms with Crippen molar-refractivity contribution in [2.75, 3.05) is 13.1 Å². The number of pyridine rings is 1. The van der Waals surface area contributed by atoms with Gasteiger partial charge in [0, 0.05) is 53.4 Å². The van der Waals surface area contributed by atoms with Crippen molar-refractivity contribution in [2.24, 2.45) is 5.92 Å². The third kappa shape index (κ3) is 2.95. The molecule has 1 atom stereocenters. The molecule has 6 heteroatoms. The number of rotatable bonds is 3. The van der Waals surface area contributed by atoms with E-state index in [1.807, 2.05) is 29.3 Å². The second kappa shape index (κ2) is 7.06. The molecule has 3 aromatic rings. The van der Waals surface area contributed by atoms with Gasteiger partial charge in [-0.25, -0.2) is 4.79 Å². The van der Waals surface area contributed by atoms with E-state index < -0.39 is 0 Å². The first kappa shape index (κ1) is 19.8. The number of aryl methyl sites for hydroxylation is 1. The zero-order valence-electron chi connectivity index (χ0n) is 19.0. The minimum atomic E-state index is 0.000534. The predicted molar refractivity (Wildman–Crippen MR) is 125 cm³/mol. The standard InChI is InChI=1S/C26H31N5O/c1-18(2)26(8-5-9-26)28-24(32)30-12-10-25(17-30)11-13-31-23(25)15-22(29-31)20-14-19-6-3-4-7-21(19)27-16-20/h3-4,6-7,14-16,18H,5,8-13,17H2,1-2H3,(H,28,32). The van der Waals surface area contributed by atoms with Crippen LogP contribution in [0.1, 0.15) is 51.6 Å². The molecule has 0 radical (unpaired) electrons. The Balaban J connectivity index is 1.23. The van der Waals surface area contributed by atoms with E-state index in [9.17, 15) is 4.79 Å². The minimum absolute atomic E-state index is 0.000534. The molecule has 2 aromatic heterocycles. The number of benzene rings is 1. The maximum absolute atomic E-state index is 13.1. The smallest absolute Gasteiger partial charge is 0.317 e. The average Bonchev–Trinajstić information content (AvgIpc) is 3.47. The number of nitrogens with zero attached hydrogens (tertiary/aromatic N) is 4. The van der Waals surface area contributed by atoms with Crippen LogP contribution in [0.25, 0.3) is 22.2 Å². The van der Waals surface area contributed by atoms with Crippen molar-refractivity contribution in [1.82, 2.24) is 25.0 Å². The maximum Gasteiger partial charge on any atom is 0.317 e. The molecule has 166 valence electrons. The van der Waals surface area contributed by atoms with E-state index in [0.29, 0.717) is 5.92 Å². The van der Waals surface area contributed by atoms with Crippen molar-refractivity contribution in [3.05, 3.63) is 48.3 Å². The molecule has 32 heavy (non-hydrogen) atoms. The third-order valence-corrected chi connectivity index (χ3v) is 8.36. The number of hydrogen-bond donors (Lipinski definition) is 1. The van der Waals surface area contributed by atoms with Gasteiger partial charge in [-0.05, 0) is 56.2 Å². The lowest BCUT2D eigenvalue weighted by Crippen LogP contribution is -2.59. The summed E-state index contributed by atoms with van der Waals surface area (Å²) in [5, 5.41) is 9.46. The monoisotopic (exact) mass is 429 g/mol. The summed E-state index contributed by atoms with van der Waals surface area (Å²) in [5.74, 6) is 0.475. The van der Waals surface area contributed by atoms with Crippen molar-refractivity contribution >= 4 is 16.9 Å². The van der Waals surface area contributed by atoms with Crippen LogP contribution in [0.3, 0.4) is 0 Å². The van der Waals surface area contributed by atoms with Crippen LogP contribution in [0.15, 0.2) is 42.6 Å². The normalized spacial score (nSPS) is 23.7. The number of carbonyl (C=O) groups is 1. The number of amides is 2. The highest BCUT2D eigenvalue weighted by Gasteiger charge is 2.48. The van der Waals surface area contributed by atoms with Gasteiger partial charge in [0.2, 0.25) is 0 Å². The fraction of sp³-hybridized carbons (Fsp3) is 0.500. The number of nitrogens with one attached hydrogen (secondary N) is 1. The van der Waals surface area contributed by atoms with Gasteiger partial charge in [-0.15, -0.1) is 0 Å². The van der Waals surface area contributed by atoms with Gasteiger partial charge in [-0.3, -0.25) is 9.67 Å². The Morgan fingerprint density at radius 1 is 1.09 bits per heavy atom. The number of carbonyl (C=O) groups excluding carboxylic acids is 1. The first-order valence-corrected chi connectivity index (χ1v) is 12.0. The van der Waals surface area contributed by atoms with Crippen LogP contribution in [0, 0.1) is 5.92 Å². The number of fused-ring (bicyclic) bond motifs is 3. The Bertz CT molecular complexity index is 1190. The Morgan fingerprint density at radius 3 is 2.69 bits per heavy atom. The molecule has 6 nitrogen and oxygen atoms in total. The summed E-state index contributed by atoms with van der Waals surface area (Å²) in [4.78, 5) is 19.8. The largest absolute Gasteiger partial charge is 0.332 e. The lowest BCUT2D eigenvalue weighted by Gasteiger charge is -2.46. The van der Waals surface area contributed by atoms with Gasteiger partial charge < -0.3 is 10.2 Å². The van der Waals surface area contributed by atoms with E-state index in [1.54, 1.807) is 0 Å². The molecule has 1 saturated heterocycles. The molecule has 3 aliphatic rings. The molecule has 6 rings (SSSR count). The van der Waals surface area contributed by atoms with Crippen LogP contribution in [0.5, 0.6) is 0 Å². The fourth-order valence-corrected chi connectivity index (χ4v) is 5.97. The van der Waals surface area contributed by atoms with Crippen LogP contribution in [0.2, 0.25) is 0 Å². The van der Waals surface area contributed by atoms with E-state index in [0.717, 1.165) is 67.5 Å². The first-order chi connectivity index (χ1) is 15.5. The molecule has 2 fully saturated rings. The first-order valence-electron chi connectivity index (χ1n) is 12.0. The second-order valence-electron chi connectivity index (χ2n) is 10.4. The van der Waals surface area contributed by atoms with Crippen LogP contribution in [-0.2, 0) is 12.0 Å². The highest BCUT2D eigenvalue weighted by atomic mass is 16.2. The fourth-order valence-electron chi connectivity index (χ4n) is 5.97. The van der Waals surface area contributed by atoms with E-state index in [2.05, 4.69) is 47.0 Å². The van der Waals surface area contributed by atoms with E-state index in [1.165, 1.54) is 12.1 Å². The average molecular weight is 430 g/mol. The highest BCUT2D eigenvalue weighted by Crippen LogP contribution is 2.44. The van der Waals surface area contributed by atoms with Gasteiger partial charge in [0.1, 0.15) is 0 Å². The van der Waals surface area contributed by atoms with Gasteiger partial charge in [0.05, 0.1) is 11.2 Å². The lowest BCUT2D eigenvalue weighted by atomic mass is 9.69. The van der Waals surface area contributed by atoms with E-state index >= 15 is 0 Å². The quantitative estimate of drug-likeness (QED) is 0.654.